The number of carbonyl (C=O) groups is 1. The quantitative estimate of drug-likeness (QED) is 0.288. The number of hydrogen-bond donors (Lipinski definition) is 1. The van der Waals surface area contributed by atoms with Crippen molar-refractivity contribution in [1.82, 2.24) is 34.5 Å². The molecule has 39 heavy (non-hydrogen) atoms. The van der Waals surface area contributed by atoms with E-state index in [0.29, 0.717) is 19.6 Å². The van der Waals surface area contributed by atoms with Crippen molar-refractivity contribution in [3.63, 3.8) is 0 Å². The molecule has 0 bridgehead atoms. The number of hydrogen-bond acceptors (Lipinski definition) is 8. The van der Waals surface area contributed by atoms with Crippen molar-refractivity contribution in [2.45, 2.75) is 26.4 Å². The van der Waals surface area contributed by atoms with E-state index in [1.54, 1.807) is 29.9 Å². The molecule has 5 aromatic rings. The molecule has 0 saturated heterocycles. The van der Waals surface area contributed by atoms with Gasteiger partial charge in [0.05, 0.1) is 35.9 Å². The first kappa shape index (κ1) is 25.1. The molecule has 9 nitrogen and oxygen atoms in total. The lowest BCUT2D eigenvalue weighted by Crippen LogP contribution is -2.34. The van der Waals surface area contributed by atoms with Gasteiger partial charge in [0.1, 0.15) is 17.0 Å². The number of pyridine rings is 1. The molecular weight excluding hydrogens is 508 g/mol. The molecule has 1 N–H and O–H groups in total. The fourth-order valence-electron chi connectivity index (χ4n) is 4.85. The predicted octanol–water partition coefficient (Wildman–Crippen LogP) is 4.62. The van der Waals surface area contributed by atoms with Crippen molar-refractivity contribution >= 4 is 49.9 Å². The minimum Gasteiger partial charge on any atom is -0.340 e. The van der Waals surface area contributed by atoms with Crippen LogP contribution in [0.15, 0.2) is 67.3 Å². The minimum absolute atomic E-state index is 0.0592. The summed E-state index contributed by atoms with van der Waals surface area (Å²) in [4.78, 5) is 32.6. The van der Waals surface area contributed by atoms with Gasteiger partial charge >= 0.3 is 0 Å². The van der Waals surface area contributed by atoms with Crippen LogP contribution in [0.3, 0.4) is 0 Å². The predicted molar refractivity (Wildman–Crippen MR) is 155 cm³/mol. The highest BCUT2D eigenvalue weighted by atomic mass is 32.1. The van der Waals surface area contributed by atoms with Crippen LogP contribution in [0.2, 0.25) is 0 Å². The highest BCUT2D eigenvalue weighted by molar-refractivity contribution is 7.19. The van der Waals surface area contributed by atoms with E-state index in [2.05, 4.69) is 55.4 Å². The van der Waals surface area contributed by atoms with E-state index in [9.17, 15) is 4.79 Å². The van der Waals surface area contributed by atoms with Gasteiger partial charge in [0.2, 0.25) is 5.91 Å². The fourth-order valence-corrected chi connectivity index (χ4v) is 6.05. The Morgan fingerprint density at radius 1 is 1.21 bits per heavy atom. The molecule has 1 amide bonds. The van der Waals surface area contributed by atoms with E-state index in [1.807, 2.05) is 47.1 Å². The molecule has 5 heterocycles. The van der Waals surface area contributed by atoms with Gasteiger partial charge in [0.15, 0.2) is 0 Å². The Morgan fingerprint density at radius 2 is 2.13 bits per heavy atom. The van der Waals surface area contributed by atoms with Crippen molar-refractivity contribution in [3.8, 4) is 0 Å². The summed E-state index contributed by atoms with van der Waals surface area (Å²) in [5.74, 6) is 0.851. The third-order valence-electron chi connectivity index (χ3n) is 7.11. The maximum Gasteiger partial charge on any atom is 0.246 e. The molecule has 0 radical (unpaired) electrons. The van der Waals surface area contributed by atoms with E-state index in [-0.39, 0.29) is 5.91 Å². The Kier molecular flexibility index (Phi) is 7.04. The summed E-state index contributed by atoms with van der Waals surface area (Å²) in [5, 5.41) is 10.2. The topological polar surface area (TPSA) is 92.1 Å². The Balaban J connectivity index is 1.21. The van der Waals surface area contributed by atoms with Crippen LogP contribution in [0.5, 0.6) is 0 Å². The molecule has 0 saturated carbocycles. The summed E-state index contributed by atoms with van der Waals surface area (Å²) in [7, 11) is 2.04. The number of nitrogens with zero attached hydrogens (tertiary/aromatic N) is 7. The SMILES string of the molecule is CCN(C)CC=CC(=O)N1CCc2c(sc3ncnc(Nc4ccc5c(cnn5Cc5ccccn5)c4)c23)C1. The summed E-state index contributed by atoms with van der Waals surface area (Å²) in [6.45, 7) is 5.73. The van der Waals surface area contributed by atoms with Crippen LogP contribution in [0.1, 0.15) is 23.1 Å². The molecule has 4 aromatic heterocycles. The molecular formula is C29H30N8OS. The number of carbonyl (C=O) groups excluding carboxylic acids is 1. The maximum absolute atomic E-state index is 12.8. The zero-order valence-corrected chi connectivity index (χ0v) is 22.9. The number of fused-ring (bicyclic) bond motifs is 4. The van der Waals surface area contributed by atoms with Crippen LogP contribution in [-0.2, 0) is 24.3 Å². The molecule has 1 aliphatic rings. The number of benzene rings is 1. The van der Waals surface area contributed by atoms with Crippen LogP contribution in [-0.4, -0.2) is 67.1 Å². The second-order valence-electron chi connectivity index (χ2n) is 9.70. The maximum atomic E-state index is 12.8. The van der Waals surface area contributed by atoms with Crippen molar-refractivity contribution < 1.29 is 4.79 Å². The lowest BCUT2D eigenvalue weighted by Gasteiger charge is -2.26. The van der Waals surface area contributed by atoms with E-state index in [0.717, 1.165) is 57.8 Å². The van der Waals surface area contributed by atoms with E-state index in [1.165, 1.54) is 10.4 Å². The molecule has 0 unspecified atom stereocenters. The Morgan fingerprint density at radius 3 is 2.97 bits per heavy atom. The van der Waals surface area contributed by atoms with Gasteiger partial charge in [-0.25, -0.2) is 9.97 Å². The highest BCUT2D eigenvalue weighted by Gasteiger charge is 2.25. The largest absolute Gasteiger partial charge is 0.340 e. The third-order valence-corrected chi connectivity index (χ3v) is 8.23. The van der Waals surface area contributed by atoms with Crippen LogP contribution >= 0.6 is 11.3 Å². The third kappa shape index (κ3) is 5.25. The van der Waals surface area contributed by atoms with Gasteiger partial charge in [0.25, 0.3) is 0 Å². The average Bonchev–Trinajstić information content (AvgIpc) is 3.54. The summed E-state index contributed by atoms with van der Waals surface area (Å²) in [6, 6.07) is 12.1. The second kappa shape index (κ2) is 10.9. The lowest BCUT2D eigenvalue weighted by atomic mass is 10.0. The molecule has 0 spiro atoms. The summed E-state index contributed by atoms with van der Waals surface area (Å²) in [6.07, 6.45) is 9.71. The summed E-state index contributed by atoms with van der Waals surface area (Å²) in [5.41, 5.74) is 4.19. The fraction of sp³-hybridized carbons (Fsp3) is 0.276. The molecule has 1 aliphatic heterocycles. The zero-order valence-electron chi connectivity index (χ0n) is 22.0. The molecule has 0 aliphatic carbocycles. The first-order valence-corrected chi connectivity index (χ1v) is 13.9. The molecule has 198 valence electrons. The van der Waals surface area contributed by atoms with Crippen LogP contribution in [0.25, 0.3) is 21.1 Å². The number of likely N-dealkylation sites (N-methyl/N-ethyl adjacent to an activating group) is 1. The van der Waals surface area contributed by atoms with Gasteiger partial charge in [-0.2, -0.15) is 5.10 Å². The molecule has 0 fully saturated rings. The smallest absolute Gasteiger partial charge is 0.246 e. The van der Waals surface area contributed by atoms with Crippen molar-refractivity contribution in [1.29, 1.82) is 0 Å². The van der Waals surface area contributed by atoms with Gasteiger partial charge in [-0.05, 0) is 55.9 Å². The highest BCUT2D eigenvalue weighted by Crippen LogP contribution is 2.38. The first-order valence-electron chi connectivity index (χ1n) is 13.1. The van der Waals surface area contributed by atoms with E-state index in [4.69, 9.17) is 0 Å². The molecule has 6 rings (SSSR count). The molecule has 0 atom stereocenters. The zero-order chi connectivity index (χ0) is 26.8. The normalized spacial score (nSPS) is 13.6. The van der Waals surface area contributed by atoms with Crippen molar-refractivity contribution in [2.75, 3.05) is 32.0 Å². The van der Waals surface area contributed by atoms with Gasteiger partial charge < -0.3 is 15.1 Å². The van der Waals surface area contributed by atoms with Gasteiger partial charge in [-0.3, -0.25) is 14.5 Å². The van der Waals surface area contributed by atoms with Crippen LogP contribution in [0.4, 0.5) is 11.5 Å². The van der Waals surface area contributed by atoms with Crippen LogP contribution in [0, 0.1) is 0 Å². The Hall–Kier alpha value is -4.15. The van der Waals surface area contributed by atoms with Crippen molar-refractivity contribution in [2.24, 2.45) is 0 Å². The number of thiophene rings is 1. The second-order valence-corrected chi connectivity index (χ2v) is 10.8. The van der Waals surface area contributed by atoms with Gasteiger partial charge in [0, 0.05) is 41.3 Å². The Labute approximate surface area is 230 Å². The minimum atomic E-state index is 0.0592. The summed E-state index contributed by atoms with van der Waals surface area (Å²) < 4.78 is 1.96. The lowest BCUT2D eigenvalue weighted by molar-refractivity contribution is -0.126. The van der Waals surface area contributed by atoms with Crippen molar-refractivity contribution in [3.05, 3.63) is 83.4 Å². The number of anilines is 2. The van der Waals surface area contributed by atoms with E-state index < -0.39 is 0 Å². The monoisotopic (exact) mass is 538 g/mol. The number of aromatic nitrogens is 5. The summed E-state index contributed by atoms with van der Waals surface area (Å²) >= 11 is 1.65. The molecule has 10 heteroatoms. The average molecular weight is 539 g/mol. The number of rotatable bonds is 8. The number of nitrogens with one attached hydrogen (secondary N) is 1. The standard InChI is InChI=1S/C29H30N8OS/c1-3-35(2)13-6-8-26(38)36-14-11-23-25(18-36)39-29-27(23)28(31-19-32-29)34-21-9-10-24-20(15-21)16-33-37(24)17-22-7-4-5-12-30-22/h4-10,12,15-16,19H,3,11,13-14,17-18H2,1-2H3,(H,31,32,34). The molecule has 1 aromatic carbocycles. The van der Waals surface area contributed by atoms with Gasteiger partial charge in [-0.1, -0.05) is 19.1 Å². The number of amides is 1. The van der Waals surface area contributed by atoms with Gasteiger partial charge in [-0.15, -0.1) is 11.3 Å². The first-order chi connectivity index (χ1) is 19.1. The Bertz CT molecular complexity index is 1660. The van der Waals surface area contributed by atoms with E-state index >= 15 is 0 Å². The van der Waals surface area contributed by atoms with Crippen LogP contribution < -0.4 is 5.32 Å².